The number of ether oxygens (including phenoxy) is 1. The van der Waals surface area contributed by atoms with Crippen molar-refractivity contribution in [3.05, 3.63) is 35.4 Å². The zero-order valence-corrected chi connectivity index (χ0v) is 15.5. The maximum atomic E-state index is 12.0. The van der Waals surface area contributed by atoms with Crippen LogP contribution in [0.5, 0.6) is 0 Å². The molecule has 0 saturated carbocycles. The number of amides is 1. The normalized spacial score (nSPS) is 17.4. The molecular weight excluding hydrogens is 316 g/mol. The highest BCUT2D eigenvalue weighted by Gasteiger charge is 2.19. The molecule has 1 heterocycles. The topological polar surface area (TPSA) is 66.0 Å². The molecular formula is C19H30N4O2. The van der Waals surface area contributed by atoms with Gasteiger partial charge in [0.25, 0.3) is 5.91 Å². The molecule has 138 valence electrons. The van der Waals surface area contributed by atoms with Crippen molar-refractivity contribution in [3.8, 4) is 0 Å². The first kappa shape index (κ1) is 19.2. The highest BCUT2D eigenvalue weighted by atomic mass is 16.5. The van der Waals surface area contributed by atoms with E-state index in [0.717, 1.165) is 44.2 Å². The number of aliphatic imine (C=N–C) groups is 1. The summed E-state index contributed by atoms with van der Waals surface area (Å²) in [5, 5.41) is 6.17. The number of hydrogen-bond donors (Lipinski definition) is 2. The highest BCUT2D eigenvalue weighted by Crippen LogP contribution is 2.13. The SMILES string of the molecule is CCNC(=O)c1cccc(CN=C(NCC)N(C)CC2CCOC2)c1. The number of hydrogen-bond acceptors (Lipinski definition) is 3. The minimum atomic E-state index is -0.0430. The van der Waals surface area contributed by atoms with Gasteiger partial charge >= 0.3 is 0 Å². The van der Waals surface area contributed by atoms with Crippen molar-refractivity contribution in [3.63, 3.8) is 0 Å². The summed E-state index contributed by atoms with van der Waals surface area (Å²) >= 11 is 0. The monoisotopic (exact) mass is 346 g/mol. The maximum Gasteiger partial charge on any atom is 0.251 e. The Morgan fingerprint density at radius 1 is 1.32 bits per heavy atom. The van der Waals surface area contributed by atoms with Gasteiger partial charge in [0.2, 0.25) is 0 Å². The summed E-state index contributed by atoms with van der Waals surface area (Å²) in [5.74, 6) is 1.41. The van der Waals surface area contributed by atoms with Gasteiger partial charge in [-0.15, -0.1) is 0 Å². The maximum absolute atomic E-state index is 12.0. The van der Waals surface area contributed by atoms with E-state index in [9.17, 15) is 4.79 Å². The van der Waals surface area contributed by atoms with Gasteiger partial charge in [0.05, 0.1) is 13.2 Å². The van der Waals surface area contributed by atoms with Crippen molar-refractivity contribution in [1.29, 1.82) is 0 Å². The van der Waals surface area contributed by atoms with Crippen molar-refractivity contribution >= 4 is 11.9 Å². The number of nitrogens with zero attached hydrogens (tertiary/aromatic N) is 2. The second kappa shape index (κ2) is 10.0. The van der Waals surface area contributed by atoms with Crippen LogP contribution in [-0.4, -0.2) is 56.7 Å². The Bertz CT molecular complexity index is 583. The second-order valence-corrected chi connectivity index (χ2v) is 6.34. The van der Waals surface area contributed by atoms with Crippen LogP contribution >= 0.6 is 0 Å². The van der Waals surface area contributed by atoms with Crippen LogP contribution in [0.2, 0.25) is 0 Å². The molecule has 1 aliphatic heterocycles. The summed E-state index contributed by atoms with van der Waals surface area (Å²) in [5.41, 5.74) is 1.70. The minimum Gasteiger partial charge on any atom is -0.381 e. The average molecular weight is 346 g/mol. The largest absolute Gasteiger partial charge is 0.381 e. The lowest BCUT2D eigenvalue weighted by atomic mass is 10.1. The molecule has 1 aromatic carbocycles. The molecule has 0 aromatic heterocycles. The van der Waals surface area contributed by atoms with E-state index in [1.807, 2.05) is 31.2 Å². The predicted molar refractivity (Wildman–Crippen MR) is 101 cm³/mol. The van der Waals surface area contributed by atoms with E-state index in [2.05, 4.69) is 29.5 Å². The summed E-state index contributed by atoms with van der Waals surface area (Å²) in [4.78, 5) is 18.9. The van der Waals surface area contributed by atoms with Crippen LogP contribution in [-0.2, 0) is 11.3 Å². The molecule has 0 radical (unpaired) electrons. The van der Waals surface area contributed by atoms with Crippen LogP contribution in [0.1, 0.15) is 36.2 Å². The van der Waals surface area contributed by atoms with Crippen molar-refractivity contribution in [2.45, 2.75) is 26.8 Å². The first-order valence-electron chi connectivity index (χ1n) is 9.08. The lowest BCUT2D eigenvalue weighted by Gasteiger charge is -2.24. The van der Waals surface area contributed by atoms with Crippen LogP contribution in [0, 0.1) is 5.92 Å². The molecule has 6 heteroatoms. The molecule has 25 heavy (non-hydrogen) atoms. The van der Waals surface area contributed by atoms with Gasteiger partial charge in [-0.3, -0.25) is 4.79 Å². The summed E-state index contributed by atoms with van der Waals surface area (Å²) < 4.78 is 5.46. The number of benzene rings is 1. The van der Waals surface area contributed by atoms with Gasteiger partial charge in [-0.25, -0.2) is 4.99 Å². The third kappa shape index (κ3) is 6.05. The highest BCUT2D eigenvalue weighted by molar-refractivity contribution is 5.94. The van der Waals surface area contributed by atoms with E-state index >= 15 is 0 Å². The molecule has 2 N–H and O–H groups in total. The van der Waals surface area contributed by atoms with Crippen molar-refractivity contribution < 1.29 is 9.53 Å². The molecule has 1 saturated heterocycles. The Kier molecular flexibility index (Phi) is 7.73. The van der Waals surface area contributed by atoms with Gasteiger partial charge in [-0.05, 0) is 38.0 Å². The summed E-state index contributed by atoms with van der Waals surface area (Å²) in [7, 11) is 2.06. The Labute approximate surface area is 150 Å². The number of carbonyl (C=O) groups excluding carboxylic acids is 1. The summed E-state index contributed by atoms with van der Waals surface area (Å²) in [6, 6.07) is 7.64. The number of nitrogens with one attached hydrogen (secondary N) is 2. The molecule has 1 atom stereocenters. The number of rotatable bonds is 7. The lowest BCUT2D eigenvalue weighted by molar-refractivity contribution is 0.0955. The number of guanidine groups is 1. The van der Waals surface area contributed by atoms with Gasteiger partial charge < -0.3 is 20.3 Å². The molecule has 2 rings (SSSR count). The van der Waals surface area contributed by atoms with Crippen LogP contribution in [0.15, 0.2) is 29.3 Å². The first-order valence-corrected chi connectivity index (χ1v) is 9.08. The van der Waals surface area contributed by atoms with E-state index in [4.69, 9.17) is 9.73 Å². The van der Waals surface area contributed by atoms with Gasteiger partial charge in [0, 0.05) is 44.8 Å². The summed E-state index contributed by atoms with van der Waals surface area (Å²) in [6.45, 7) is 8.60. The van der Waals surface area contributed by atoms with Gasteiger partial charge in [0.1, 0.15) is 0 Å². The van der Waals surface area contributed by atoms with E-state index in [-0.39, 0.29) is 5.91 Å². The van der Waals surface area contributed by atoms with Crippen molar-refractivity contribution in [2.24, 2.45) is 10.9 Å². The van der Waals surface area contributed by atoms with Crippen LogP contribution in [0.25, 0.3) is 0 Å². The van der Waals surface area contributed by atoms with Crippen molar-refractivity contribution in [2.75, 3.05) is 39.9 Å². The Morgan fingerprint density at radius 2 is 2.12 bits per heavy atom. The Morgan fingerprint density at radius 3 is 2.80 bits per heavy atom. The average Bonchev–Trinajstić information content (AvgIpc) is 3.12. The Hall–Kier alpha value is -2.08. The molecule has 1 unspecified atom stereocenters. The number of carbonyl (C=O) groups is 1. The zero-order valence-electron chi connectivity index (χ0n) is 15.5. The molecule has 0 aliphatic carbocycles. The lowest BCUT2D eigenvalue weighted by Crippen LogP contribution is -2.41. The van der Waals surface area contributed by atoms with E-state index < -0.39 is 0 Å². The molecule has 1 fully saturated rings. The van der Waals surface area contributed by atoms with E-state index in [1.54, 1.807) is 0 Å². The third-order valence-corrected chi connectivity index (χ3v) is 4.19. The molecule has 1 amide bonds. The summed E-state index contributed by atoms with van der Waals surface area (Å²) in [6.07, 6.45) is 1.11. The quantitative estimate of drug-likeness (QED) is 0.584. The van der Waals surface area contributed by atoms with Crippen LogP contribution < -0.4 is 10.6 Å². The van der Waals surface area contributed by atoms with E-state index in [1.165, 1.54) is 0 Å². The standard InChI is InChI=1S/C19H30N4O2/c1-4-20-18(24)17-8-6-7-15(11-17)12-22-19(21-5-2)23(3)13-16-9-10-25-14-16/h6-8,11,16H,4-5,9-10,12-14H2,1-3H3,(H,20,24)(H,21,22). The predicted octanol–water partition coefficient (Wildman–Crippen LogP) is 1.87. The van der Waals surface area contributed by atoms with Crippen LogP contribution in [0.4, 0.5) is 0 Å². The van der Waals surface area contributed by atoms with Gasteiger partial charge in [0.15, 0.2) is 5.96 Å². The fourth-order valence-electron chi connectivity index (χ4n) is 2.91. The molecule has 6 nitrogen and oxygen atoms in total. The molecule has 1 aliphatic rings. The fraction of sp³-hybridized carbons (Fsp3) is 0.579. The Balaban J connectivity index is 2.02. The zero-order chi connectivity index (χ0) is 18.1. The molecule has 0 spiro atoms. The molecule has 1 aromatic rings. The second-order valence-electron chi connectivity index (χ2n) is 6.34. The van der Waals surface area contributed by atoms with E-state index in [0.29, 0.717) is 24.6 Å². The molecule has 0 bridgehead atoms. The minimum absolute atomic E-state index is 0.0430. The van der Waals surface area contributed by atoms with Crippen molar-refractivity contribution in [1.82, 2.24) is 15.5 Å². The third-order valence-electron chi connectivity index (χ3n) is 4.19. The smallest absolute Gasteiger partial charge is 0.251 e. The van der Waals surface area contributed by atoms with Crippen LogP contribution in [0.3, 0.4) is 0 Å². The van der Waals surface area contributed by atoms with Gasteiger partial charge in [-0.2, -0.15) is 0 Å². The first-order chi connectivity index (χ1) is 12.1. The fourth-order valence-corrected chi connectivity index (χ4v) is 2.91. The van der Waals surface area contributed by atoms with Gasteiger partial charge in [-0.1, -0.05) is 12.1 Å².